The number of nitrogens with one attached hydrogen (secondary N) is 1. The van der Waals surface area contributed by atoms with Crippen LogP contribution in [0.2, 0.25) is 0 Å². The van der Waals surface area contributed by atoms with Gasteiger partial charge in [-0.3, -0.25) is 10.1 Å². The zero-order valence-electron chi connectivity index (χ0n) is 10.7. The fourth-order valence-corrected chi connectivity index (χ4v) is 2.15. The summed E-state index contributed by atoms with van der Waals surface area (Å²) >= 11 is 0. The number of hydrogen-bond acceptors (Lipinski definition) is 7. The Kier molecular flexibility index (Phi) is 4.10. The highest BCUT2D eigenvalue weighted by Gasteiger charge is 2.29. The van der Waals surface area contributed by atoms with E-state index in [2.05, 4.69) is 15.3 Å². The van der Waals surface area contributed by atoms with Gasteiger partial charge in [0.25, 0.3) is 0 Å². The van der Waals surface area contributed by atoms with E-state index >= 15 is 0 Å². The third-order valence-electron chi connectivity index (χ3n) is 3.13. The Balaban J connectivity index is 2.30. The first kappa shape index (κ1) is 13.5. The van der Waals surface area contributed by atoms with E-state index in [1.165, 1.54) is 6.20 Å². The topological polar surface area (TPSA) is 104 Å². The van der Waals surface area contributed by atoms with Crippen molar-refractivity contribution < 1.29 is 10.0 Å². The smallest absolute Gasteiger partial charge is 0.329 e. The lowest BCUT2D eigenvalue weighted by Crippen LogP contribution is -2.23. The molecule has 8 heteroatoms. The van der Waals surface area contributed by atoms with Gasteiger partial charge in [-0.25, -0.2) is 4.98 Å². The lowest BCUT2D eigenvalue weighted by atomic mass is 10.1. The summed E-state index contributed by atoms with van der Waals surface area (Å²) in [5.41, 5.74) is -0.0970. The molecule has 1 aliphatic heterocycles. The van der Waals surface area contributed by atoms with Crippen LogP contribution in [0.5, 0.6) is 0 Å². The molecule has 1 saturated heterocycles. The number of aliphatic hydroxyl groups is 1. The van der Waals surface area contributed by atoms with Gasteiger partial charge in [0.2, 0.25) is 11.8 Å². The van der Waals surface area contributed by atoms with Crippen molar-refractivity contribution in [1.29, 1.82) is 0 Å². The van der Waals surface area contributed by atoms with Crippen LogP contribution in [0.1, 0.15) is 13.3 Å². The van der Waals surface area contributed by atoms with Crippen molar-refractivity contribution in [3.05, 3.63) is 16.3 Å². The first-order chi connectivity index (χ1) is 9.15. The molecule has 2 heterocycles. The highest BCUT2D eigenvalue weighted by atomic mass is 16.6. The van der Waals surface area contributed by atoms with E-state index in [-0.39, 0.29) is 18.2 Å². The van der Waals surface area contributed by atoms with Gasteiger partial charge in [0.1, 0.15) is 6.20 Å². The largest absolute Gasteiger partial charge is 0.396 e. The van der Waals surface area contributed by atoms with Gasteiger partial charge >= 0.3 is 5.69 Å². The number of aliphatic hydroxyl groups excluding tert-OH is 1. The Labute approximate surface area is 110 Å². The fraction of sp³-hybridized carbons (Fsp3) is 0.636. The summed E-state index contributed by atoms with van der Waals surface area (Å²) in [6.45, 7) is 3.89. The fourth-order valence-electron chi connectivity index (χ4n) is 2.15. The molecule has 0 radical (unpaired) electrons. The minimum atomic E-state index is -0.475. The maximum Gasteiger partial charge on any atom is 0.329 e. The van der Waals surface area contributed by atoms with Crippen LogP contribution in [0, 0.1) is 16.0 Å². The van der Waals surface area contributed by atoms with Gasteiger partial charge in [-0.1, -0.05) is 0 Å². The van der Waals surface area contributed by atoms with Crippen LogP contribution in [-0.4, -0.2) is 46.2 Å². The molecular formula is C11H17N5O3. The van der Waals surface area contributed by atoms with Gasteiger partial charge in [0, 0.05) is 32.2 Å². The first-order valence-corrected chi connectivity index (χ1v) is 6.26. The summed E-state index contributed by atoms with van der Waals surface area (Å²) in [6.07, 6.45) is 2.04. The minimum absolute atomic E-state index is 0.0927. The molecule has 2 rings (SSSR count). The van der Waals surface area contributed by atoms with Crippen molar-refractivity contribution in [3.8, 4) is 0 Å². The highest BCUT2D eigenvalue weighted by molar-refractivity contribution is 5.59. The maximum absolute atomic E-state index is 11.0. The molecule has 2 N–H and O–H groups in total. The lowest BCUT2D eigenvalue weighted by molar-refractivity contribution is -0.384. The molecule has 19 heavy (non-hydrogen) atoms. The molecule has 1 atom stereocenters. The van der Waals surface area contributed by atoms with Crippen molar-refractivity contribution in [1.82, 2.24) is 9.97 Å². The number of rotatable bonds is 5. The first-order valence-electron chi connectivity index (χ1n) is 6.26. The van der Waals surface area contributed by atoms with E-state index < -0.39 is 4.92 Å². The Morgan fingerprint density at radius 1 is 1.68 bits per heavy atom. The van der Waals surface area contributed by atoms with Crippen LogP contribution in [-0.2, 0) is 0 Å². The van der Waals surface area contributed by atoms with Crippen molar-refractivity contribution in [2.45, 2.75) is 13.3 Å². The predicted octanol–water partition coefficient (Wildman–Crippen LogP) is 0.635. The summed E-state index contributed by atoms with van der Waals surface area (Å²) in [4.78, 5) is 20.5. The summed E-state index contributed by atoms with van der Waals surface area (Å²) in [5, 5.41) is 23.1. The van der Waals surface area contributed by atoms with Crippen molar-refractivity contribution in [2.75, 3.05) is 36.5 Å². The van der Waals surface area contributed by atoms with Gasteiger partial charge in [-0.05, 0) is 13.3 Å². The van der Waals surface area contributed by atoms with Gasteiger partial charge in [-0.2, -0.15) is 4.98 Å². The molecule has 0 bridgehead atoms. The van der Waals surface area contributed by atoms with E-state index in [0.29, 0.717) is 31.4 Å². The Morgan fingerprint density at radius 3 is 3.05 bits per heavy atom. The predicted molar refractivity (Wildman–Crippen MR) is 70.3 cm³/mol. The van der Waals surface area contributed by atoms with E-state index in [4.69, 9.17) is 5.11 Å². The molecule has 0 aliphatic carbocycles. The SMILES string of the molecule is CCNc1ncc([N+](=O)[O-])c(N2CCC(CO)C2)n1. The molecule has 1 fully saturated rings. The van der Waals surface area contributed by atoms with Crippen LogP contribution >= 0.6 is 0 Å². The van der Waals surface area contributed by atoms with Crippen molar-refractivity contribution >= 4 is 17.5 Å². The molecule has 1 aromatic rings. The van der Waals surface area contributed by atoms with Crippen molar-refractivity contribution in [3.63, 3.8) is 0 Å². The summed E-state index contributed by atoms with van der Waals surface area (Å²) in [6, 6.07) is 0. The van der Waals surface area contributed by atoms with Crippen LogP contribution in [0.15, 0.2) is 6.20 Å². The van der Waals surface area contributed by atoms with E-state index in [1.54, 1.807) is 0 Å². The molecule has 0 aromatic carbocycles. The van der Waals surface area contributed by atoms with Gasteiger partial charge < -0.3 is 15.3 Å². The van der Waals surface area contributed by atoms with Crippen LogP contribution in [0.3, 0.4) is 0 Å². The second-order valence-electron chi connectivity index (χ2n) is 4.47. The summed E-state index contributed by atoms with van der Waals surface area (Å²) in [5.74, 6) is 0.861. The monoisotopic (exact) mass is 267 g/mol. The normalized spacial score (nSPS) is 18.6. The molecule has 8 nitrogen and oxygen atoms in total. The summed E-state index contributed by atoms with van der Waals surface area (Å²) < 4.78 is 0. The minimum Gasteiger partial charge on any atom is -0.396 e. The van der Waals surface area contributed by atoms with E-state index in [1.807, 2.05) is 11.8 Å². The molecule has 1 unspecified atom stereocenters. The van der Waals surface area contributed by atoms with Gasteiger partial charge in [-0.15, -0.1) is 0 Å². The number of nitro groups is 1. The summed E-state index contributed by atoms with van der Waals surface area (Å²) in [7, 11) is 0. The third kappa shape index (κ3) is 2.90. The number of anilines is 2. The third-order valence-corrected chi connectivity index (χ3v) is 3.13. The maximum atomic E-state index is 11.0. The van der Waals surface area contributed by atoms with Crippen LogP contribution in [0.25, 0.3) is 0 Å². The molecular weight excluding hydrogens is 250 g/mol. The van der Waals surface area contributed by atoms with Crippen LogP contribution in [0.4, 0.5) is 17.5 Å². The zero-order chi connectivity index (χ0) is 13.8. The quantitative estimate of drug-likeness (QED) is 0.595. The second-order valence-corrected chi connectivity index (χ2v) is 4.47. The van der Waals surface area contributed by atoms with Crippen LogP contribution < -0.4 is 10.2 Å². The molecule has 1 aromatic heterocycles. The average Bonchev–Trinajstić information content (AvgIpc) is 2.87. The average molecular weight is 267 g/mol. The molecule has 104 valence electrons. The van der Waals surface area contributed by atoms with E-state index in [0.717, 1.165) is 6.42 Å². The van der Waals surface area contributed by atoms with Gasteiger partial charge in [0.15, 0.2) is 0 Å². The molecule has 1 aliphatic rings. The number of hydrogen-bond donors (Lipinski definition) is 2. The number of nitrogens with zero attached hydrogens (tertiary/aromatic N) is 4. The number of aromatic nitrogens is 2. The van der Waals surface area contributed by atoms with Crippen molar-refractivity contribution in [2.24, 2.45) is 5.92 Å². The second kappa shape index (κ2) is 5.79. The molecule has 0 amide bonds. The zero-order valence-corrected chi connectivity index (χ0v) is 10.7. The lowest BCUT2D eigenvalue weighted by Gasteiger charge is -2.17. The Morgan fingerprint density at radius 2 is 2.47 bits per heavy atom. The molecule has 0 spiro atoms. The molecule has 0 saturated carbocycles. The Bertz CT molecular complexity index is 468. The Hall–Kier alpha value is -1.96. The standard InChI is InChI=1S/C11H17N5O3/c1-2-12-11-13-5-9(16(18)19)10(14-11)15-4-3-8(6-15)7-17/h5,8,17H,2-4,6-7H2,1H3,(H,12,13,14). The highest BCUT2D eigenvalue weighted by Crippen LogP contribution is 2.30. The van der Waals surface area contributed by atoms with Gasteiger partial charge in [0.05, 0.1) is 4.92 Å². The van der Waals surface area contributed by atoms with E-state index in [9.17, 15) is 10.1 Å².